The Morgan fingerprint density at radius 2 is 2.44 bits per heavy atom. The lowest BCUT2D eigenvalue weighted by atomic mass is 10.2. The van der Waals surface area contributed by atoms with Crippen molar-refractivity contribution in [1.29, 1.82) is 0 Å². The molecule has 2 N–H and O–H groups in total. The molecule has 1 saturated heterocycles. The maximum atomic E-state index is 5.46. The zero-order valence-corrected chi connectivity index (χ0v) is 9.83. The summed E-state index contributed by atoms with van der Waals surface area (Å²) in [6.45, 7) is 4.87. The highest BCUT2D eigenvalue weighted by atomic mass is 16.5. The molecule has 88 valence electrons. The van der Waals surface area contributed by atoms with Crippen molar-refractivity contribution in [2.75, 3.05) is 25.0 Å². The number of nitrogens with one attached hydrogen (secondary N) is 2. The number of rotatable bonds is 5. The summed E-state index contributed by atoms with van der Waals surface area (Å²) in [6.07, 6.45) is 2.57. The van der Waals surface area contributed by atoms with Gasteiger partial charge < -0.3 is 15.4 Å². The first kappa shape index (κ1) is 11.3. The molecule has 1 fully saturated rings. The maximum absolute atomic E-state index is 5.46. The smallest absolute Gasteiger partial charge is 0.121 e. The van der Waals surface area contributed by atoms with Gasteiger partial charge in [0.05, 0.1) is 6.61 Å². The Balaban J connectivity index is 1.85. The summed E-state index contributed by atoms with van der Waals surface area (Å²) in [5.41, 5.74) is 1.14. The lowest BCUT2D eigenvalue weighted by molar-refractivity contribution is 0.340. The van der Waals surface area contributed by atoms with Crippen LogP contribution in [0.5, 0.6) is 5.75 Å². The Kier molecular flexibility index (Phi) is 4.05. The summed E-state index contributed by atoms with van der Waals surface area (Å²) in [4.78, 5) is 0. The minimum Gasteiger partial charge on any atom is -0.494 e. The largest absolute Gasteiger partial charge is 0.494 e. The summed E-state index contributed by atoms with van der Waals surface area (Å²) < 4.78 is 5.46. The molecular weight excluding hydrogens is 200 g/mol. The standard InChI is InChI=1S/C13H20N2O/c1-2-16-13-7-3-5-11(9-13)15-10-12-6-4-8-14-12/h3,5,7,9,12,14-15H,2,4,6,8,10H2,1H3. The Hall–Kier alpha value is -1.22. The van der Waals surface area contributed by atoms with Crippen molar-refractivity contribution in [2.24, 2.45) is 0 Å². The van der Waals surface area contributed by atoms with Crippen LogP contribution in [0.2, 0.25) is 0 Å². The molecule has 0 aromatic heterocycles. The van der Waals surface area contributed by atoms with E-state index in [2.05, 4.69) is 22.8 Å². The monoisotopic (exact) mass is 220 g/mol. The maximum Gasteiger partial charge on any atom is 0.121 e. The first-order valence-corrected chi connectivity index (χ1v) is 6.08. The summed E-state index contributed by atoms with van der Waals surface area (Å²) >= 11 is 0. The normalized spacial score (nSPS) is 19.7. The number of ether oxygens (including phenoxy) is 1. The molecule has 0 aliphatic carbocycles. The molecular formula is C13H20N2O. The topological polar surface area (TPSA) is 33.3 Å². The van der Waals surface area contributed by atoms with Crippen molar-refractivity contribution in [1.82, 2.24) is 5.32 Å². The second kappa shape index (κ2) is 5.75. The van der Waals surface area contributed by atoms with Crippen molar-refractivity contribution < 1.29 is 4.74 Å². The van der Waals surface area contributed by atoms with Gasteiger partial charge in [-0.15, -0.1) is 0 Å². The van der Waals surface area contributed by atoms with Crippen LogP contribution in [0.3, 0.4) is 0 Å². The molecule has 0 saturated carbocycles. The van der Waals surface area contributed by atoms with Gasteiger partial charge >= 0.3 is 0 Å². The lowest BCUT2D eigenvalue weighted by Crippen LogP contribution is -2.29. The Morgan fingerprint density at radius 3 is 3.19 bits per heavy atom. The van der Waals surface area contributed by atoms with Crippen molar-refractivity contribution in [3.63, 3.8) is 0 Å². The van der Waals surface area contributed by atoms with Gasteiger partial charge in [0.25, 0.3) is 0 Å². The van der Waals surface area contributed by atoms with Crippen LogP contribution < -0.4 is 15.4 Å². The van der Waals surface area contributed by atoms with Gasteiger partial charge in [-0.3, -0.25) is 0 Å². The van der Waals surface area contributed by atoms with E-state index in [1.807, 2.05) is 19.1 Å². The van der Waals surface area contributed by atoms with Crippen molar-refractivity contribution >= 4 is 5.69 Å². The van der Waals surface area contributed by atoms with E-state index in [9.17, 15) is 0 Å². The molecule has 1 aromatic carbocycles. The van der Waals surface area contributed by atoms with E-state index in [1.54, 1.807) is 0 Å². The molecule has 3 heteroatoms. The Bertz CT molecular complexity index is 321. The second-order valence-corrected chi connectivity index (χ2v) is 4.14. The third-order valence-electron chi connectivity index (χ3n) is 2.86. The molecule has 1 aromatic rings. The zero-order valence-electron chi connectivity index (χ0n) is 9.83. The van der Waals surface area contributed by atoms with E-state index in [4.69, 9.17) is 4.74 Å². The Labute approximate surface area is 97.2 Å². The first-order valence-electron chi connectivity index (χ1n) is 6.08. The van der Waals surface area contributed by atoms with Gasteiger partial charge in [-0.25, -0.2) is 0 Å². The van der Waals surface area contributed by atoms with Gasteiger partial charge in [0.2, 0.25) is 0 Å². The molecule has 2 rings (SSSR count). The van der Waals surface area contributed by atoms with Gasteiger partial charge in [-0.05, 0) is 38.4 Å². The molecule has 1 unspecified atom stereocenters. The second-order valence-electron chi connectivity index (χ2n) is 4.14. The fourth-order valence-electron chi connectivity index (χ4n) is 2.03. The average molecular weight is 220 g/mol. The molecule has 0 amide bonds. The lowest BCUT2D eigenvalue weighted by Gasteiger charge is -2.13. The van der Waals surface area contributed by atoms with Crippen LogP contribution in [0.15, 0.2) is 24.3 Å². The molecule has 0 spiro atoms. The highest BCUT2D eigenvalue weighted by Gasteiger charge is 2.12. The van der Waals surface area contributed by atoms with Crippen molar-refractivity contribution in [2.45, 2.75) is 25.8 Å². The first-order chi connectivity index (χ1) is 7.88. The van der Waals surface area contributed by atoms with E-state index in [0.717, 1.165) is 24.5 Å². The van der Waals surface area contributed by atoms with Gasteiger partial charge in [0, 0.05) is 24.3 Å². The zero-order chi connectivity index (χ0) is 11.2. The van der Waals surface area contributed by atoms with E-state index >= 15 is 0 Å². The third-order valence-corrected chi connectivity index (χ3v) is 2.86. The predicted octanol–water partition coefficient (Wildman–Crippen LogP) is 2.25. The van der Waals surface area contributed by atoms with Crippen LogP contribution in [0.25, 0.3) is 0 Å². The van der Waals surface area contributed by atoms with E-state index in [0.29, 0.717) is 12.6 Å². The van der Waals surface area contributed by atoms with Crippen LogP contribution in [-0.4, -0.2) is 25.7 Å². The Morgan fingerprint density at radius 1 is 1.50 bits per heavy atom. The van der Waals surface area contributed by atoms with Crippen LogP contribution in [0.4, 0.5) is 5.69 Å². The van der Waals surface area contributed by atoms with Gasteiger partial charge in [0.15, 0.2) is 0 Å². The average Bonchev–Trinajstić information content (AvgIpc) is 2.80. The molecule has 0 radical (unpaired) electrons. The molecule has 1 heterocycles. The molecule has 0 bridgehead atoms. The summed E-state index contributed by atoms with van der Waals surface area (Å²) in [5.74, 6) is 0.937. The van der Waals surface area contributed by atoms with E-state index in [-0.39, 0.29) is 0 Å². The van der Waals surface area contributed by atoms with Gasteiger partial charge in [-0.1, -0.05) is 6.07 Å². The number of benzene rings is 1. The van der Waals surface area contributed by atoms with E-state index in [1.165, 1.54) is 12.8 Å². The van der Waals surface area contributed by atoms with Crippen LogP contribution in [0, 0.1) is 0 Å². The summed E-state index contributed by atoms with van der Waals surface area (Å²) in [7, 11) is 0. The van der Waals surface area contributed by atoms with Gasteiger partial charge in [0.1, 0.15) is 5.75 Å². The summed E-state index contributed by atoms with van der Waals surface area (Å²) in [5, 5.41) is 6.92. The molecule has 16 heavy (non-hydrogen) atoms. The highest BCUT2D eigenvalue weighted by molar-refractivity contribution is 5.48. The fraction of sp³-hybridized carbons (Fsp3) is 0.538. The fourth-order valence-corrected chi connectivity index (χ4v) is 2.03. The quantitative estimate of drug-likeness (QED) is 0.798. The molecule has 1 aliphatic rings. The highest BCUT2D eigenvalue weighted by Crippen LogP contribution is 2.17. The molecule has 1 atom stereocenters. The SMILES string of the molecule is CCOc1cccc(NCC2CCCN2)c1. The number of hydrogen-bond donors (Lipinski definition) is 2. The van der Waals surface area contributed by atoms with E-state index < -0.39 is 0 Å². The predicted molar refractivity (Wildman–Crippen MR) is 67.1 cm³/mol. The molecule has 1 aliphatic heterocycles. The van der Waals surface area contributed by atoms with Crippen molar-refractivity contribution in [3.05, 3.63) is 24.3 Å². The van der Waals surface area contributed by atoms with Crippen LogP contribution in [-0.2, 0) is 0 Å². The minimum atomic E-state index is 0.621. The third kappa shape index (κ3) is 3.14. The van der Waals surface area contributed by atoms with Crippen LogP contribution >= 0.6 is 0 Å². The number of hydrogen-bond acceptors (Lipinski definition) is 3. The minimum absolute atomic E-state index is 0.621. The molecule has 3 nitrogen and oxygen atoms in total. The van der Waals surface area contributed by atoms with Crippen LogP contribution in [0.1, 0.15) is 19.8 Å². The van der Waals surface area contributed by atoms with Crippen molar-refractivity contribution in [3.8, 4) is 5.75 Å². The summed E-state index contributed by atoms with van der Waals surface area (Å²) in [6, 6.07) is 8.77. The van der Waals surface area contributed by atoms with Gasteiger partial charge in [-0.2, -0.15) is 0 Å². The number of anilines is 1.